The number of nitrogens with zero attached hydrogens (tertiary/aromatic N) is 1. The first-order valence-corrected chi connectivity index (χ1v) is 7.93. The number of nitriles is 1. The van der Waals surface area contributed by atoms with Crippen LogP contribution >= 0.6 is 43.5 Å². The summed E-state index contributed by atoms with van der Waals surface area (Å²) >= 11 is 13.0. The third kappa shape index (κ3) is 3.68. The van der Waals surface area contributed by atoms with Crippen molar-refractivity contribution in [2.45, 2.75) is 0 Å². The molecule has 0 heterocycles. The average molecular weight is 428 g/mol. The fourth-order valence-electron chi connectivity index (χ4n) is 1.87. The van der Waals surface area contributed by atoms with Crippen LogP contribution in [0.25, 0.3) is 11.6 Å². The Morgan fingerprint density at radius 2 is 1.86 bits per heavy atom. The van der Waals surface area contributed by atoms with Crippen LogP contribution in [0, 0.1) is 11.3 Å². The Morgan fingerprint density at radius 3 is 2.38 bits per heavy atom. The number of rotatable bonds is 3. The lowest BCUT2D eigenvalue weighted by molar-refractivity contribution is 0.409. The predicted octanol–water partition coefficient (Wildman–Crippen LogP) is 5.94. The molecule has 5 heteroatoms. The molecule has 0 saturated carbocycles. The Bertz CT molecular complexity index is 727. The van der Waals surface area contributed by atoms with E-state index in [9.17, 15) is 5.26 Å². The quantitative estimate of drug-likeness (QED) is 0.449. The smallest absolute Gasteiger partial charge is 0.147 e. The monoisotopic (exact) mass is 425 g/mol. The zero-order chi connectivity index (χ0) is 15.4. The van der Waals surface area contributed by atoms with Crippen molar-refractivity contribution >= 4 is 55.1 Å². The van der Waals surface area contributed by atoms with Crippen LogP contribution < -0.4 is 4.74 Å². The molecule has 2 rings (SSSR count). The molecule has 2 aromatic carbocycles. The van der Waals surface area contributed by atoms with E-state index in [-0.39, 0.29) is 0 Å². The van der Waals surface area contributed by atoms with Gasteiger partial charge in [-0.3, -0.25) is 0 Å². The van der Waals surface area contributed by atoms with Crippen molar-refractivity contribution in [3.05, 3.63) is 61.5 Å². The van der Waals surface area contributed by atoms with E-state index < -0.39 is 0 Å². The summed E-state index contributed by atoms with van der Waals surface area (Å²) in [6.45, 7) is 0. The van der Waals surface area contributed by atoms with Crippen molar-refractivity contribution in [3.8, 4) is 11.8 Å². The molecule has 0 unspecified atom stereocenters. The van der Waals surface area contributed by atoms with Gasteiger partial charge in [-0.1, -0.05) is 29.8 Å². The van der Waals surface area contributed by atoms with Crippen LogP contribution in [0.1, 0.15) is 11.1 Å². The summed E-state index contributed by atoms with van der Waals surface area (Å²) in [7, 11) is 1.60. The number of benzene rings is 2. The Morgan fingerprint density at radius 1 is 1.24 bits per heavy atom. The van der Waals surface area contributed by atoms with Crippen LogP contribution in [0.4, 0.5) is 0 Å². The minimum absolute atomic E-state index is 0.504. The minimum Gasteiger partial charge on any atom is -0.494 e. The Hall–Kier alpha value is -1.28. The Labute approximate surface area is 145 Å². The summed E-state index contributed by atoms with van der Waals surface area (Å²) in [5, 5.41) is 9.93. The molecule has 2 aromatic rings. The standard InChI is InChI=1S/C16H10Br2ClNO/c1-21-16-13(17)7-10(8-14(16)18)6-11(9-20)12-4-2-3-5-15(12)19/h2-8H,1H3. The van der Waals surface area contributed by atoms with Gasteiger partial charge in [-0.05, 0) is 61.7 Å². The van der Waals surface area contributed by atoms with E-state index in [1.165, 1.54) is 0 Å². The van der Waals surface area contributed by atoms with Crippen molar-refractivity contribution in [3.63, 3.8) is 0 Å². The van der Waals surface area contributed by atoms with Gasteiger partial charge in [0.25, 0.3) is 0 Å². The molecular weight excluding hydrogens is 417 g/mol. The molecule has 0 fully saturated rings. The van der Waals surface area contributed by atoms with Crippen molar-refractivity contribution in [1.29, 1.82) is 5.26 Å². The molecule has 0 N–H and O–H groups in total. The number of methoxy groups -OCH3 is 1. The topological polar surface area (TPSA) is 33.0 Å². The highest BCUT2D eigenvalue weighted by Crippen LogP contribution is 2.35. The van der Waals surface area contributed by atoms with Crippen LogP contribution in [-0.4, -0.2) is 7.11 Å². The molecular formula is C16H10Br2ClNO. The van der Waals surface area contributed by atoms with Crippen LogP contribution in [-0.2, 0) is 0 Å². The molecule has 106 valence electrons. The van der Waals surface area contributed by atoms with E-state index in [1.807, 2.05) is 30.3 Å². The second-order valence-corrected chi connectivity index (χ2v) is 6.28. The molecule has 0 aliphatic carbocycles. The van der Waals surface area contributed by atoms with Gasteiger partial charge in [0.15, 0.2) is 0 Å². The van der Waals surface area contributed by atoms with E-state index in [0.717, 1.165) is 14.5 Å². The zero-order valence-electron chi connectivity index (χ0n) is 11.0. The number of allylic oxidation sites excluding steroid dienone is 1. The minimum atomic E-state index is 0.504. The predicted molar refractivity (Wildman–Crippen MR) is 93.3 cm³/mol. The fraction of sp³-hybridized carbons (Fsp3) is 0.0625. The number of ether oxygens (including phenoxy) is 1. The summed E-state index contributed by atoms with van der Waals surface area (Å²) in [5.41, 5.74) is 2.08. The highest BCUT2D eigenvalue weighted by Gasteiger charge is 2.09. The maximum Gasteiger partial charge on any atom is 0.147 e. The lowest BCUT2D eigenvalue weighted by Gasteiger charge is -2.08. The molecule has 0 saturated heterocycles. The molecule has 0 aliphatic rings. The first-order chi connectivity index (χ1) is 10.1. The highest BCUT2D eigenvalue weighted by molar-refractivity contribution is 9.11. The Balaban J connectivity index is 2.52. The Kier molecular flexibility index (Phi) is 5.46. The summed E-state index contributed by atoms with van der Waals surface area (Å²) in [4.78, 5) is 0. The second kappa shape index (κ2) is 7.13. The zero-order valence-corrected chi connectivity index (χ0v) is 15.0. The van der Waals surface area contributed by atoms with Crippen LogP contribution in [0.3, 0.4) is 0 Å². The van der Waals surface area contributed by atoms with E-state index in [2.05, 4.69) is 37.9 Å². The third-order valence-electron chi connectivity index (χ3n) is 2.82. The van der Waals surface area contributed by atoms with Gasteiger partial charge >= 0.3 is 0 Å². The van der Waals surface area contributed by atoms with Crippen molar-refractivity contribution < 1.29 is 4.74 Å². The molecule has 0 spiro atoms. The first kappa shape index (κ1) is 16.1. The molecule has 2 nitrogen and oxygen atoms in total. The maximum atomic E-state index is 9.38. The summed E-state index contributed by atoms with van der Waals surface area (Å²) < 4.78 is 6.88. The SMILES string of the molecule is COc1c(Br)cc(C=C(C#N)c2ccccc2Cl)cc1Br. The van der Waals surface area contributed by atoms with Gasteiger partial charge in [0, 0.05) is 10.6 Å². The summed E-state index contributed by atoms with van der Waals surface area (Å²) in [5.74, 6) is 0.711. The normalized spacial score (nSPS) is 11.1. The maximum absolute atomic E-state index is 9.38. The van der Waals surface area contributed by atoms with Crippen LogP contribution in [0.5, 0.6) is 5.75 Å². The van der Waals surface area contributed by atoms with Gasteiger partial charge in [-0.15, -0.1) is 0 Å². The summed E-state index contributed by atoms with van der Waals surface area (Å²) in [6.07, 6.45) is 1.79. The van der Waals surface area contributed by atoms with E-state index in [1.54, 1.807) is 19.3 Å². The van der Waals surface area contributed by atoms with Gasteiger partial charge in [-0.2, -0.15) is 5.26 Å². The molecule has 0 atom stereocenters. The number of hydrogen-bond donors (Lipinski definition) is 0. The largest absolute Gasteiger partial charge is 0.494 e. The lowest BCUT2D eigenvalue weighted by atomic mass is 10.0. The molecule has 0 amide bonds. The van der Waals surface area contributed by atoms with Gasteiger partial charge in [0.1, 0.15) is 5.75 Å². The molecule has 0 aromatic heterocycles. The van der Waals surface area contributed by atoms with E-state index >= 15 is 0 Å². The van der Waals surface area contributed by atoms with Crippen molar-refractivity contribution in [1.82, 2.24) is 0 Å². The van der Waals surface area contributed by atoms with Crippen LogP contribution in [0.15, 0.2) is 45.3 Å². The van der Waals surface area contributed by atoms with E-state index in [0.29, 0.717) is 21.9 Å². The highest BCUT2D eigenvalue weighted by atomic mass is 79.9. The third-order valence-corrected chi connectivity index (χ3v) is 4.33. The number of halogens is 3. The second-order valence-electron chi connectivity index (χ2n) is 4.17. The first-order valence-electron chi connectivity index (χ1n) is 5.96. The van der Waals surface area contributed by atoms with Crippen molar-refractivity contribution in [2.75, 3.05) is 7.11 Å². The van der Waals surface area contributed by atoms with Gasteiger partial charge in [-0.25, -0.2) is 0 Å². The molecule has 0 bridgehead atoms. The van der Waals surface area contributed by atoms with Gasteiger partial charge in [0.2, 0.25) is 0 Å². The van der Waals surface area contributed by atoms with E-state index in [4.69, 9.17) is 16.3 Å². The average Bonchev–Trinajstić information content (AvgIpc) is 2.45. The molecule has 0 radical (unpaired) electrons. The fourth-order valence-corrected chi connectivity index (χ4v) is 3.66. The molecule has 21 heavy (non-hydrogen) atoms. The number of hydrogen-bond acceptors (Lipinski definition) is 2. The van der Waals surface area contributed by atoms with Gasteiger partial charge in [0.05, 0.1) is 27.7 Å². The van der Waals surface area contributed by atoms with Crippen LogP contribution in [0.2, 0.25) is 5.02 Å². The summed E-state index contributed by atoms with van der Waals surface area (Å²) in [6, 6.07) is 13.2. The lowest BCUT2D eigenvalue weighted by Crippen LogP contribution is -1.88. The molecule has 0 aliphatic heterocycles. The van der Waals surface area contributed by atoms with Gasteiger partial charge < -0.3 is 4.74 Å². The van der Waals surface area contributed by atoms with Crippen molar-refractivity contribution in [2.24, 2.45) is 0 Å².